The maximum absolute atomic E-state index is 12.7. The van der Waals surface area contributed by atoms with Crippen LogP contribution in [0.3, 0.4) is 0 Å². The van der Waals surface area contributed by atoms with E-state index in [1.165, 1.54) is 11.3 Å². The summed E-state index contributed by atoms with van der Waals surface area (Å²) in [5.74, 6) is -0.488. The van der Waals surface area contributed by atoms with Crippen molar-refractivity contribution in [3.63, 3.8) is 0 Å². The molecule has 1 aliphatic rings. The highest BCUT2D eigenvalue weighted by Gasteiger charge is 2.48. The summed E-state index contributed by atoms with van der Waals surface area (Å²) < 4.78 is 6.41. The predicted octanol–water partition coefficient (Wildman–Crippen LogP) is 3.16. The minimum atomic E-state index is -1.47. The van der Waals surface area contributed by atoms with Crippen LogP contribution in [0.15, 0.2) is 17.5 Å². The number of esters is 1. The lowest BCUT2D eigenvalue weighted by Gasteiger charge is -2.33. The molecule has 1 N–H and O–H groups in total. The van der Waals surface area contributed by atoms with Crippen LogP contribution >= 0.6 is 11.3 Å². The molecule has 0 saturated heterocycles. The van der Waals surface area contributed by atoms with Gasteiger partial charge < -0.3 is 14.3 Å². The van der Waals surface area contributed by atoms with E-state index in [1.807, 2.05) is 17.5 Å². The van der Waals surface area contributed by atoms with Gasteiger partial charge in [0.2, 0.25) is 0 Å². The van der Waals surface area contributed by atoms with Gasteiger partial charge in [0, 0.05) is 10.8 Å². The summed E-state index contributed by atoms with van der Waals surface area (Å²) in [4.78, 5) is 13.5. The van der Waals surface area contributed by atoms with E-state index in [0.29, 0.717) is 6.61 Å². The van der Waals surface area contributed by atoms with Gasteiger partial charge in [-0.25, -0.2) is 4.79 Å². The third-order valence-corrected chi connectivity index (χ3v) is 6.54. The summed E-state index contributed by atoms with van der Waals surface area (Å²) in [5.41, 5.74) is -1.47. The fourth-order valence-corrected chi connectivity index (χ4v) is 4.21. The molecular formula is C18H30NO3S+. The first kappa shape index (κ1) is 18.4. The van der Waals surface area contributed by atoms with Crippen molar-refractivity contribution in [3.05, 3.63) is 22.4 Å². The van der Waals surface area contributed by atoms with Crippen LogP contribution in [0.5, 0.6) is 0 Å². The molecule has 1 heterocycles. The van der Waals surface area contributed by atoms with E-state index in [9.17, 15) is 9.90 Å². The molecule has 0 unspecified atom stereocenters. The summed E-state index contributed by atoms with van der Waals surface area (Å²) in [7, 11) is 2.16. The first-order chi connectivity index (χ1) is 11.0. The van der Waals surface area contributed by atoms with Gasteiger partial charge in [-0.3, -0.25) is 0 Å². The number of hydrogen-bond donors (Lipinski definition) is 1. The largest absolute Gasteiger partial charge is 0.457 e. The summed E-state index contributed by atoms with van der Waals surface area (Å²) in [5, 5.41) is 13.1. The normalized spacial score (nSPS) is 18.8. The Morgan fingerprint density at radius 2 is 2.04 bits per heavy atom. The first-order valence-electron chi connectivity index (χ1n) is 8.73. The van der Waals surface area contributed by atoms with E-state index in [0.717, 1.165) is 54.7 Å². The second-order valence-corrected chi connectivity index (χ2v) is 7.78. The Morgan fingerprint density at radius 3 is 2.57 bits per heavy atom. The molecule has 23 heavy (non-hydrogen) atoms. The van der Waals surface area contributed by atoms with Crippen molar-refractivity contribution in [1.82, 2.24) is 0 Å². The zero-order valence-electron chi connectivity index (χ0n) is 14.6. The minimum absolute atomic E-state index is 0.0214. The maximum Gasteiger partial charge on any atom is 0.344 e. The number of nitrogens with zero attached hydrogens (tertiary/aromatic N) is 1. The Morgan fingerprint density at radius 1 is 1.39 bits per heavy atom. The van der Waals surface area contributed by atoms with E-state index in [2.05, 4.69) is 20.9 Å². The molecule has 1 aromatic rings. The van der Waals surface area contributed by atoms with E-state index in [-0.39, 0.29) is 5.92 Å². The second-order valence-electron chi connectivity index (χ2n) is 6.84. The number of hydrogen-bond acceptors (Lipinski definition) is 4. The van der Waals surface area contributed by atoms with Crippen LogP contribution in [0.25, 0.3) is 0 Å². The average Bonchev–Trinajstić information content (AvgIpc) is 3.26. The van der Waals surface area contributed by atoms with Crippen molar-refractivity contribution in [3.8, 4) is 0 Å². The second kappa shape index (κ2) is 7.77. The number of rotatable bonds is 8. The number of quaternary nitrogens is 1. The quantitative estimate of drug-likeness (QED) is 0.584. The highest BCUT2D eigenvalue weighted by atomic mass is 32.1. The summed E-state index contributed by atoms with van der Waals surface area (Å²) in [6.07, 6.45) is 3.93. The molecule has 1 aliphatic carbocycles. The molecule has 0 aromatic carbocycles. The van der Waals surface area contributed by atoms with Crippen molar-refractivity contribution in [2.45, 2.75) is 45.1 Å². The monoisotopic (exact) mass is 340 g/mol. The topological polar surface area (TPSA) is 46.5 Å². The number of thiophene rings is 1. The van der Waals surface area contributed by atoms with Crippen LogP contribution in [0, 0.1) is 5.92 Å². The fraction of sp³-hybridized carbons (Fsp3) is 0.722. The van der Waals surface area contributed by atoms with Crippen LogP contribution in [-0.4, -0.2) is 48.8 Å². The Balaban J connectivity index is 2.06. The Hall–Kier alpha value is -0.910. The molecule has 1 aromatic heterocycles. The van der Waals surface area contributed by atoms with Crippen LogP contribution in [0.4, 0.5) is 0 Å². The van der Waals surface area contributed by atoms with Crippen molar-refractivity contribution in [2.24, 2.45) is 5.92 Å². The molecule has 0 radical (unpaired) electrons. The number of carbonyl (C=O) groups excluding carboxylic acids is 1. The van der Waals surface area contributed by atoms with Gasteiger partial charge in [-0.15, -0.1) is 11.3 Å². The lowest BCUT2D eigenvalue weighted by Crippen LogP contribution is -2.48. The zero-order chi connectivity index (χ0) is 16.9. The molecule has 0 aliphatic heterocycles. The molecule has 130 valence electrons. The van der Waals surface area contributed by atoms with E-state index in [4.69, 9.17) is 4.74 Å². The van der Waals surface area contributed by atoms with E-state index < -0.39 is 11.6 Å². The van der Waals surface area contributed by atoms with Gasteiger partial charge in [-0.1, -0.05) is 18.9 Å². The van der Waals surface area contributed by atoms with Crippen LogP contribution < -0.4 is 0 Å². The molecular weight excluding hydrogens is 310 g/mol. The summed E-state index contributed by atoms with van der Waals surface area (Å²) >= 11 is 1.44. The molecule has 0 spiro atoms. The van der Waals surface area contributed by atoms with E-state index >= 15 is 0 Å². The SMILES string of the molecule is CC[N+](C)(CC)CCOC(=O)[C@](O)(c1cccs1)C1CCCC1. The Kier molecular flexibility index (Phi) is 6.23. The molecule has 1 fully saturated rings. The number of aliphatic hydroxyl groups is 1. The molecule has 4 nitrogen and oxygen atoms in total. The number of carbonyl (C=O) groups is 1. The smallest absolute Gasteiger partial charge is 0.344 e. The minimum Gasteiger partial charge on any atom is -0.457 e. The first-order valence-corrected chi connectivity index (χ1v) is 9.61. The van der Waals surface area contributed by atoms with Crippen LogP contribution in [0.1, 0.15) is 44.4 Å². The zero-order valence-corrected chi connectivity index (χ0v) is 15.4. The Bertz CT molecular complexity index is 492. The van der Waals surface area contributed by atoms with Crippen molar-refractivity contribution in [2.75, 3.05) is 33.3 Å². The van der Waals surface area contributed by atoms with Crippen molar-refractivity contribution in [1.29, 1.82) is 0 Å². The van der Waals surface area contributed by atoms with Crippen molar-refractivity contribution >= 4 is 17.3 Å². The maximum atomic E-state index is 12.7. The van der Waals surface area contributed by atoms with Crippen LogP contribution in [0.2, 0.25) is 0 Å². The third kappa shape index (κ3) is 3.95. The van der Waals surface area contributed by atoms with Gasteiger partial charge in [-0.2, -0.15) is 0 Å². The molecule has 0 amide bonds. The van der Waals surface area contributed by atoms with E-state index in [1.54, 1.807) is 0 Å². The third-order valence-electron chi connectivity index (χ3n) is 5.55. The van der Waals surface area contributed by atoms with Gasteiger partial charge in [0.15, 0.2) is 5.60 Å². The van der Waals surface area contributed by atoms with Gasteiger partial charge in [0.1, 0.15) is 13.2 Å². The average molecular weight is 341 g/mol. The molecule has 0 bridgehead atoms. The van der Waals surface area contributed by atoms with Gasteiger partial charge in [0.05, 0.1) is 20.1 Å². The molecule has 5 heteroatoms. The van der Waals surface area contributed by atoms with Crippen molar-refractivity contribution < 1.29 is 19.1 Å². The fourth-order valence-electron chi connectivity index (χ4n) is 3.32. The van der Waals surface area contributed by atoms with Crippen LogP contribution in [-0.2, 0) is 15.1 Å². The predicted molar refractivity (Wildman–Crippen MR) is 93.3 cm³/mol. The van der Waals surface area contributed by atoms with Gasteiger partial charge in [0.25, 0.3) is 0 Å². The summed E-state index contributed by atoms with van der Waals surface area (Å²) in [6.45, 7) is 7.44. The van der Waals surface area contributed by atoms with Gasteiger partial charge >= 0.3 is 5.97 Å². The Labute approximate surface area is 143 Å². The summed E-state index contributed by atoms with van der Waals surface area (Å²) in [6, 6.07) is 3.73. The highest BCUT2D eigenvalue weighted by Crippen LogP contribution is 2.43. The lowest BCUT2D eigenvalue weighted by molar-refractivity contribution is -0.906. The number of likely N-dealkylation sites (N-methyl/N-ethyl adjacent to an activating group) is 1. The highest BCUT2D eigenvalue weighted by molar-refractivity contribution is 7.10. The molecule has 1 saturated carbocycles. The molecule has 1 atom stereocenters. The molecule has 2 rings (SSSR count). The van der Waals surface area contributed by atoms with Gasteiger partial charge in [-0.05, 0) is 38.1 Å². The standard InChI is InChI=1S/C18H30NO3S/c1-4-19(3,5-2)12-13-22-17(20)18(21,15-9-6-7-10-15)16-11-8-14-23-16/h8,11,14-15,21H,4-7,9-10,12-13H2,1-3H3/q+1/t18-/m1/s1. The lowest BCUT2D eigenvalue weighted by atomic mass is 9.84. The number of ether oxygens (including phenoxy) is 1.